The molecule has 0 bridgehead atoms. The monoisotopic (exact) mass is 298 g/mol. The van der Waals surface area contributed by atoms with Gasteiger partial charge in [0.25, 0.3) is 0 Å². The molecule has 0 saturated heterocycles. The van der Waals surface area contributed by atoms with Crippen LogP contribution in [0.5, 0.6) is 0 Å². The summed E-state index contributed by atoms with van der Waals surface area (Å²) in [6.45, 7) is 5.43. The van der Waals surface area contributed by atoms with E-state index in [-0.39, 0.29) is 0 Å². The highest BCUT2D eigenvalue weighted by atomic mass is 28.4. The first-order valence-corrected chi connectivity index (χ1v) is 9.12. The fraction of sp³-hybridized carbons (Fsp3) is 0.667. The van der Waals surface area contributed by atoms with Crippen molar-refractivity contribution in [3.05, 3.63) is 30.1 Å². The number of nitrogens with zero attached hydrogens (tertiary/aromatic N) is 1. The van der Waals surface area contributed by atoms with Gasteiger partial charge in [0.1, 0.15) is 6.54 Å². The number of pyridine rings is 1. The molecule has 5 heteroatoms. The first-order valence-electron chi connectivity index (χ1n) is 7.18. The fourth-order valence-electron chi connectivity index (χ4n) is 2.28. The van der Waals surface area contributed by atoms with Crippen LogP contribution in [-0.2, 0) is 26.2 Å². The quantitative estimate of drug-likeness (QED) is 0.518. The van der Waals surface area contributed by atoms with Crippen molar-refractivity contribution in [3.63, 3.8) is 0 Å². The van der Waals surface area contributed by atoms with Gasteiger partial charge in [0.05, 0.1) is 0 Å². The Balaban J connectivity index is 2.46. The number of hydrogen-bond donors (Lipinski definition) is 0. The molecule has 0 N–H and O–H groups in total. The van der Waals surface area contributed by atoms with Gasteiger partial charge in [-0.1, -0.05) is 13.8 Å². The van der Waals surface area contributed by atoms with E-state index in [1.807, 2.05) is 0 Å². The molecule has 0 atom stereocenters. The van der Waals surface area contributed by atoms with Gasteiger partial charge in [-0.05, 0) is 17.9 Å². The predicted octanol–water partition coefficient (Wildman–Crippen LogP) is 2.44. The van der Waals surface area contributed by atoms with E-state index in [4.69, 9.17) is 13.3 Å². The van der Waals surface area contributed by atoms with Crippen LogP contribution < -0.4 is 4.57 Å². The van der Waals surface area contributed by atoms with Crippen molar-refractivity contribution in [3.8, 4) is 0 Å². The Morgan fingerprint density at radius 1 is 1.05 bits per heavy atom. The summed E-state index contributed by atoms with van der Waals surface area (Å²) < 4.78 is 18.5. The van der Waals surface area contributed by atoms with Crippen LogP contribution in [-0.4, -0.2) is 30.1 Å². The molecule has 0 aliphatic heterocycles. The lowest BCUT2D eigenvalue weighted by atomic mass is 10.0. The Morgan fingerprint density at radius 3 is 2.05 bits per heavy atom. The standard InChI is InChI=1S/C15H28NO3Si/c1-14(2)13-15-7-10-16(11-8-15)9-6-12-20(17-3,18-4)19-5/h7-8,10-11,14H,6,9,12-13H2,1-5H3/q+1. The topological polar surface area (TPSA) is 31.6 Å². The molecule has 20 heavy (non-hydrogen) atoms. The maximum Gasteiger partial charge on any atom is 0.500 e. The van der Waals surface area contributed by atoms with Crippen molar-refractivity contribution in [1.82, 2.24) is 0 Å². The first kappa shape index (κ1) is 17.3. The highest BCUT2D eigenvalue weighted by molar-refractivity contribution is 6.60. The maximum atomic E-state index is 5.42. The normalized spacial score (nSPS) is 12.1. The second-order valence-corrected chi connectivity index (χ2v) is 8.53. The maximum absolute atomic E-state index is 5.42. The van der Waals surface area contributed by atoms with Gasteiger partial charge in [-0.25, -0.2) is 4.57 Å². The smallest absolute Gasteiger partial charge is 0.377 e. The SMILES string of the molecule is CO[Si](CCC[n+]1ccc(CC(C)C)cc1)(OC)OC. The van der Waals surface area contributed by atoms with Crippen molar-refractivity contribution in [1.29, 1.82) is 0 Å². The summed E-state index contributed by atoms with van der Waals surface area (Å²) in [4.78, 5) is 0. The van der Waals surface area contributed by atoms with Crippen molar-refractivity contribution in [2.24, 2.45) is 5.92 Å². The molecular formula is C15H28NO3Si+. The van der Waals surface area contributed by atoms with Gasteiger partial charge >= 0.3 is 8.80 Å². The third kappa shape index (κ3) is 5.32. The largest absolute Gasteiger partial charge is 0.500 e. The van der Waals surface area contributed by atoms with Crippen LogP contribution in [0.1, 0.15) is 25.8 Å². The summed E-state index contributed by atoms with van der Waals surface area (Å²) in [5.74, 6) is 0.697. The van der Waals surface area contributed by atoms with Crippen molar-refractivity contribution >= 4 is 8.80 Å². The van der Waals surface area contributed by atoms with Crippen molar-refractivity contribution in [2.75, 3.05) is 21.3 Å². The summed E-state index contributed by atoms with van der Waals surface area (Å²) in [6, 6.07) is 5.23. The summed E-state index contributed by atoms with van der Waals surface area (Å²) in [5.41, 5.74) is 1.39. The van der Waals surface area contributed by atoms with Crippen LogP contribution in [0.2, 0.25) is 6.04 Å². The van der Waals surface area contributed by atoms with Gasteiger partial charge in [0.2, 0.25) is 0 Å². The van der Waals surface area contributed by atoms with E-state index in [2.05, 4.69) is 42.9 Å². The predicted molar refractivity (Wildman–Crippen MR) is 81.4 cm³/mol. The third-order valence-electron chi connectivity index (χ3n) is 3.44. The molecule has 0 saturated carbocycles. The Hall–Kier alpha value is -0.753. The van der Waals surface area contributed by atoms with E-state index < -0.39 is 8.80 Å². The lowest BCUT2D eigenvalue weighted by molar-refractivity contribution is -0.697. The van der Waals surface area contributed by atoms with Crippen LogP contribution in [0.25, 0.3) is 0 Å². The molecule has 0 aliphatic rings. The van der Waals surface area contributed by atoms with Crippen molar-refractivity contribution in [2.45, 2.75) is 39.3 Å². The van der Waals surface area contributed by atoms with E-state index in [1.165, 1.54) is 5.56 Å². The fourth-order valence-corrected chi connectivity index (χ4v) is 3.98. The molecule has 0 unspecified atom stereocenters. The summed E-state index contributed by atoms with van der Waals surface area (Å²) in [5, 5.41) is 0. The van der Waals surface area contributed by atoms with Crippen LogP contribution in [0.15, 0.2) is 24.5 Å². The Kier molecular flexibility index (Phi) is 7.37. The van der Waals surface area contributed by atoms with Gasteiger partial charge < -0.3 is 13.3 Å². The molecule has 1 heterocycles. The average molecular weight is 298 g/mol. The zero-order chi connectivity index (χ0) is 15.0. The zero-order valence-electron chi connectivity index (χ0n) is 13.4. The molecule has 0 aromatic carbocycles. The van der Waals surface area contributed by atoms with E-state index in [9.17, 15) is 0 Å². The third-order valence-corrected chi connectivity index (χ3v) is 6.27. The van der Waals surface area contributed by atoms with E-state index in [1.54, 1.807) is 21.3 Å². The molecule has 4 nitrogen and oxygen atoms in total. The Bertz CT molecular complexity index is 369. The summed E-state index contributed by atoms with van der Waals surface area (Å²) in [7, 11) is 2.56. The van der Waals surface area contributed by atoms with Crippen LogP contribution in [0, 0.1) is 5.92 Å². The lowest BCUT2D eigenvalue weighted by Crippen LogP contribution is -2.44. The van der Waals surface area contributed by atoms with E-state index >= 15 is 0 Å². The minimum absolute atomic E-state index is 0.697. The Labute approximate surface area is 124 Å². The van der Waals surface area contributed by atoms with Gasteiger partial charge in [-0.15, -0.1) is 0 Å². The van der Waals surface area contributed by atoms with Gasteiger partial charge in [-0.2, -0.15) is 0 Å². The van der Waals surface area contributed by atoms with Gasteiger partial charge in [-0.3, -0.25) is 0 Å². The molecule has 0 spiro atoms. The number of rotatable bonds is 9. The van der Waals surface area contributed by atoms with Gasteiger partial charge in [0, 0.05) is 45.9 Å². The lowest BCUT2D eigenvalue weighted by Gasteiger charge is -2.23. The molecule has 0 amide bonds. The summed E-state index contributed by atoms with van der Waals surface area (Å²) in [6.07, 6.45) is 6.41. The molecule has 114 valence electrons. The van der Waals surface area contributed by atoms with E-state index in [0.717, 1.165) is 25.4 Å². The van der Waals surface area contributed by atoms with Crippen LogP contribution >= 0.6 is 0 Å². The van der Waals surface area contributed by atoms with Gasteiger partial charge in [0.15, 0.2) is 12.4 Å². The number of hydrogen-bond acceptors (Lipinski definition) is 3. The second kappa shape index (κ2) is 8.52. The Morgan fingerprint density at radius 2 is 1.60 bits per heavy atom. The molecular weight excluding hydrogens is 270 g/mol. The highest BCUT2D eigenvalue weighted by Gasteiger charge is 2.37. The first-order chi connectivity index (χ1) is 9.55. The molecule has 1 aromatic rings. The number of aryl methyl sites for hydroxylation is 1. The second-order valence-electron chi connectivity index (χ2n) is 5.44. The van der Waals surface area contributed by atoms with Crippen LogP contribution in [0.4, 0.5) is 0 Å². The van der Waals surface area contributed by atoms with Crippen molar-refractivity contribution < 1.29 is 17.8 Å². The average Bonchev–Trinajstić information content (AvgIpc) is 2.45. The molecule has 1 aromatic heterocycles. The van der Waals surface area contributed by atoms with E-state index in [0.29, 0.717) is 5.92 Å². The molecule has 0 aliphatic carbocycles. The van der Waals surface area contributed by atoms with Crippen LogP contribution in [0.3, 0.4) is 0 Å². The molecule has 1 rings (SSSR count). The zero-order valence-corrected chi connectivity index (χ0v) is 14.4. The highest BCUT2D eigenvalue weighted by Crippen LogP contribution is 2.14. The summed E-state index contributed by atoms with van der Waals surface area (Å²) >= 11 is 0. The minimum Gasteiger partial charge on any atom is -0.377 e. The molecule has 0 fully saturated rings. The minimum atomic E-state index is -2.42. The molecule has 0 radical (unpaired) electrons. The number of aromatic nitrogens is 1.